The van der Waals surface area contributed by atoms with Crippen molar-refractivity contribution in [3.8, 4) is 5.88 Å². The van der Waals surface area contributed by atoms with Crippen LogP contribution in [0.15, 0.2) is 6.07 Å². The number of nitrogens with zero attached hydrogens (tertiary/aromatic N) is 2. The molecule has 3 N–H and O–H groups in total. The number of aromatic nitrogens is 2. The van der Waals surface area contributed by atoms with Crippen LogP contribution in [0.4, 0.5) is 5.95 Å². The fourth-order valence-electron chi connectivity index (χ4n) is 2.63. The second-order valence-corrected chi connectivity index (χ2v) is 5.67. The minimum absolute atomic E-state index is 0.0642. The van der Waals surface area contributed by atoms with E-state index in [2.05, 4.69) is 22.2 Å². The van der Waals surface area contributed by atoms with Gasteiger partial charge in [0.25, 0.3) is 0 Å². The van der Waals surface area contributed by atoms with Crippen molar-refractivity contribution in [2.24, 2.45) is 11.7 Å². The zero-order valence-electron chi connectivity index (χ0n) is 12.1. The minimum Gasteiger partial charge on any atom is -0.481 e. The molecule has 1 aromatic rings. The molecule has 1 aliphatic carbocycles. The van der Waals surface area contributed by atoms with Crippen LogP contribution < -0.4 is 15.8 Å². The molecule has 0 spiro atoms. The number of methoxy groups -OCH3 is 1. The van der Waals surface area contributed by atoms with E-state index in [4.69, 9.17) is 10.5 Å². The topological polar surface area (TPSA) is 73.1 Å². The molecular weight excluding hydrogens is 240 g/mol. The summed E-state index contributed by atoms with van der Waals surface area (Å²) in [5.41, 5.74) is 6.82. The molecule has 0 bridgehead atoms. The lowest BCUT2D eigenvalue weighted by molar-refractivity contribution is 0.270. The van der Waals surface area contributed by atoms with Gasteiger partial charge in [-0.1, -0.05) is 6.92 Å². The molecule has 106 valence electrons. The summed E-state index contributed by atoms with van der Waals surface area (Å²) >= 11 is 0. The molecule has 1 aromatic heterocycles. The van der Waals surface area contributed by atoms with Crippen molar-refractivity contribution >= 4 is 5.95 Å². The number of nitrogens with one attached hydrogen (secondary N) is 1. The van der Waals surface area contributed by atoms with Crippen molar-refractivity contribution in [3.05, 3.63) is 11.8 Å². The maximum absolute atomic E-state index is 5.99. The van der Waals surface area contributed by atoms with Crippen LogP contribution in [0.25, 0.3) is 0 Å². The van der Waals surface area contributed by atoms with Crippen LogP contribution in [0, 0.1) is 12.8 Å². The van der Waals surface area contributed by atoms with E-state index in [1.165, 1.54) is 12.8 Å². The summed E-state index contributed by atoms with van der Waals surface area (Å²) < 4.78 is 5.19. The third-order valence-electron chi connectivity index (χ3n) is 4.04. The van der Waals surface area contributed by atoms with Crippen LogP contribution in [0.5, 0.6) is 5.88 Å². The fraction of sp³-hybridized carbons (Fsp3) is 0.714. The standard InChI is InChI=1S/C14H24N4O/c1-10-4-6-14(9-15,7-5-10)18-13-16-11(2)8-12(17-13)19-3/h8,10H,4-7,9,15H2,1-3H3,(H,16,17,18). The number of ether oxygens (including phenoxy) is 1. The molecule has 0 radical (unpaired) electrons. The van der Waals surface area contributed by atoms with Gasteiger partial charge >= 0.3 is 0 Å². The maximum Gasteiger partial charge on any atom is 0.226 e. The van der Waals surface area contributed by atoms with E-state index in [-0.39, 0.29) is 5.54 Å². The lowest BCUT2D eigenvalue weighted by Crippen LogP contribution is -2.48. The third-order valence-corrected chi connectivity index (χ3v) is 4.04. The maximum atomic E-state index is 5.99. The monoisotopic (exact) mass is 264 g/mol. The van der Waals surface area contributed by atoms with Gasteiger partial charge in [-0.05, 0) is 38.5 Å². The molecule has 5 nitrogen and oxygen atoms in total. The van der Waals surface area contributed by atoms with Crippen molar-refractivity contribution in [3.63, 3.8) is 0 Å². The summed E-state index contributed by atoms with van der Waals surface area (Å²) in [4.78, 5) is 8.79. The first-order valence-corrected chi connectivity index (χ1v) is 6.95. The van der Waals surface area contributed by atoms with Gasteiger partial charge in [0.2, 0.25) is 11.8 Å². The zero-order chi connectivity index (χ0) is 13.9. The first-order chi connectivity index (χ1) is 9.07. The number of aryl methyl sites for hydroxylation is 1. The smallest absolute Gasteiger partial charge is 0.226 e. The summed E-state index contributed by atoms with van der Waals surface area (Å²) in [5.74, 6) is 2.00. The Labute approximate surface area is 115 Å². The average Bonchev–Trinajstić information content (AvgIpc) is 2.41. The number of anilines is 1. The van der Waals surface area contributed by atoms with Gasteiger partial charge in [-0.25, -0.2) is 4.98 Å². The number of rotatable bonds is 4. The van der Waals surface area contributed by atoms with E-state index in [9.17, 15) is 0 Å². The van der Waals surface area contributed by atoms with Crippen molar-refractivity contribution in [2.45, 2.75) is 45.1 Å². The summed E-state index contributed by atoms with van der Waals surface area (Å²) in [6, 6.07) is 1.82. The molecule has 1 aliphatic rings. The van der Waals surface area contributed by atoms with E-state index in [0.29, 0.717) is 18.4 Å². The highest BCUT2D eigenvalue weighted by molar-refractivity contribution is 5.34. The molecule has 19 heavy (non-hydrogen) atoms. The first kappa shape index (κ1) is 14.1. The summed E-state index contributed by atoms with van der Waals surface area (Å²) in [5, 5.41) is 3.45. The summed E-state index contributed by atoms with van der Waals surface area (Å²) in [7, 11) is 1.62. The molecule has 0 atom stereocenters. The molecule has 0 unspecified atom stereocenters. The minimum atomic E-state index is -0.0642. The van der Waals surface area contributed by atoms with Gasteiger partial charge in [0.1, 0.15) is 0 Å². The van der Waals surface area contributed by atoms with Crippen LogP contribution in [-0.2, 0) is 0 Å². The van der Waals surface area contributed by atoms with Crippen LogP contribution in [0.2, 0.25) is 0 Å². The van der Waals surface area contributed by atoms with Gasteiger partial charge in [0.05, 0.1) is 12.6 Å². The number of nitrogens with two attached hydrogens (primary N) is 1. The molecule has 0 saturated heterocycles. The molecule has 0 aromatic carbocycles. The average molecular weight is 264 g/mol. The van der Waals surface area contributed by atoms with Gasteiger partial charge in [0, 0.05) is 18.3 Å². The lowest BCUT2D eigenvalue weighted by Gasteiger charge is -2.39. The largest absolute Gasteiger partial charge is 0.481 e. The van der Waals surface area contributed by atoms with Crippen molar-refractivity contribution in [2.75, 3.05) is 19.0 Å². The highest BCUT2D eigenvalue weighted by Gasteiger charge is 2.33. The Balaban J connectivity index is 2.16. The molecule has 1 fully saturated rings. The second kappa shape index (κ2) is 5.74. The summed E-state index contributed by atoms with van der Waals surface area (Å²) in [6.07, 6.45) is 4.55. The predicted octanol–water partition coefficient (Wildman–Crippen LogP) is 2.11. The van der Waals surface area contributed by atoms with E-state index in [1.807, 2.05) is 13.0 Å². The molecule has 0 aliphatic heterocycles. The predicted molar refractivity (Wildman–Crippen MR) is 76.4 cm³/mol. The van der Waals surface area contributed by atoms with Crippen LogP contribution in [-0.4, -0.2) is 29.2 Å². The Kier molecular flexibility index (Phi) is 4.24. The Morgan fingerprint density at radius 1 is 1.42 bits per heavy atom. The molecule has 0 amide bonds. The third kappa shape index (κ3) is 3.35. The Hall–Kier alpha value is -1.36. The van der Waals surface area contributed by atoms with E-state index < -0.39 is 0 Å². The fourth-order valence-corrected chi connectivity index (χ4v) is 2.63. The Bertz CT molecular complexity index is 427. The Morgan fingerprint density at radius 2 is 2.11 bits per heavy atom. The highest BCUT2D eigenvalue weighted by atomic mass is 16.5. The van der Waals surface area contributed by atoms with Crippen LogP contribution in [0.1, 0.15) is 38.3 Å². The van der Waals surface area contributed by atoms with Gasteiger partial charge in [-0.2, -0.15) is 4.98 Å². The van der Waals surface area contributed by atoms with Crippen LogP contribution in [0.3, 0.4) is 0 Å². The lowest BCUT2D eigenvalue weighted by atomic mass is 9.77. The number of hydrogen-bond donors (Lipinski definition) is 2. The zero-order valence-corrected chi connectivity index (χ0v) is 12.1. The van der Waals surface area contributed by atoms with E-state index >= 15 is 0 Å². The molecular formula is C14H24N4O. The SMILES string of the molecule is COc1cc(C)nc(NC2(CN)CCC(C)CC2)n1. The molecule has 1 heterocycles. The first-order valence-electron chi connectivity index (χ1n) is 6.95. The van der Waals surface area contributed by atoms with Crippen molar-refractivity contribution in [1.82, 2.24) is 9.97 Å². The summed E-state index contributed by atoms with van der Waals surface area (Å²) in [6.45, 7) is 4.85. The molecule has 5 heteroatoms. The van der Waals surface area contributed by atoms with Gasteiger partial charge in [0.15, 0.2) is 0 Å². The van der Waals surface area contributed by atoms with Crippen molar-refractivity contribution in [1.29, 1.82) is 0 Å². The van der Waals surface area contributed by atoms with Gasteiger partial charge < -0.3 is 15.8 Å². The second-order valence-electron chi connectivity index (χ2n) is 5.67. The highest BCUT2D eigenvalue weighted by Crippen LogP contribution is 2.33. The molecule has 2 rings (SSSR count). The normalized spacial score (nSPS) is 27.1. The van der Waals surface area contributed by atoms with Crippen molar-refractivity contribution < 1.29 is 4.74 Å². The Morgan fingerprint density at radius 3 is 2.68 bits per heavy atom. The quantitative estimate of drug-likeness (QED) is 0.871. The number of hydrogen-bond acceptors (Lipinski definition) is 5. The molecule has 1 saturated carbocycles. The van der Waals surface area contributed by atoms with Crippen LogP contribution >= 0.6 is 0 Å². The van der Waals surface area contributed by atoms with Gasteiger partial charge in [-0.15, -0.1) is 0 Å². The van der Waals surface area contributed by atoms with E-state index in [0.717, 1.165) is 24.5 Å². The van der Waals surface area contributed by atoms with E-state index in [1.54, 1.807) is 7.11 Å². The van der Waals surface area contributed by atoms with Gasteiger partial charge in [-0.3, -0.25) is 0 Å².